The second-order valence-corrected chi connectivity index (χ2v) is 6.04. The molecule has 24 heavy (non-hydrogen) atoms. The average Bonchev–Trinajstić information content (AvgIpc) is 2.59. The Bertz CT molecular complexity index is 857. The van der Waals surface area contributed by atoms with Crippen LogP contribution in [0.5, 0.6) is 5.75 Å². The number of hydrogen-bond acceptors (Lipinski definition) is 2. The van der Waals surface area contributed by atoms with E-state index in [2.05, 4.69) is 30.3 Å². The van der Waals surface area contributed by atoms with Crippen LogP contribution in [0.1, 0.15) is 11.1 Å². The molecule has 0 unspecified atom stereocenters. The summed E-state index contributed by atoms with van der Waals surface area (Å²) in [5.41, 5.74) is 2.23. The van der Waals surface area contributed by atoms with Crippen molar-refractivity contribution in [2.75, 3.05) is 13.7 Å². The third-order valence-corrected chi connectivity index (χ3v) is 4.01. The third-order valence-electron chi connectivity index (χ3n) is 4.01. The summed E-state index contributed by atoms with van der Waals surface area (Å²) in [5.74, 6) is 0.687. The molecule has 0 saturated carbocycles. The van der Waals surface area contributed by atoms with Gasteiger partial charge in [-0.3, -0.25) is 4.79 Å². The van der Waals surface area contributed by atoms with E-state index in [-0.39, 0.29) is 12.5 Å². The number of fused-ring (bicyclic) bond motifs is 1. The molecule has 3 nitrogen and oxygen atoms in total. The van der Waals surface area contributed by atoms with Crippen molar-refractivity contribution < 1.29 is 9.53 Å². The van der Waals surface area contributed by atoms with Crippen molar-refractivity contribution in [2.24, 2.45) is 0 Å². The fraction of sp³-hybridized carbons (Fsp3) is 0.190. The standard InChI is InChI=1S/C21H21NO2/c1-16-6-5-9-20(12-16)24-15-21(23)22(2)14-17-10-11-18-7-3-4-8-19(18)13-17/h3-13H,14-15H2,1-2H3. The van der Waals surface area contributed by atoms with Crippen LogP contribution in [-0.4, -0.2) is 24.5 Å². The quantitative estimate of drug-likeness (QED) is 0.706. The van der Waals surface area contributed by atoms with Gasteiger partial charge in [0.2, 0.25) is 0 Å². The lowest BCUT2D eigenvalue weighted by Gasteiger charge is -2.18. The van der Waals surface area contributed by atoms with Gasteiger partial charge in [0.25, 0.3) is 5.91 Å². The van der Waals surface area contributed by atoms with Crippen LogP contribution in [0.3, 0.4) is 0 Å². The SMILES string of the molecule is Cc1cccc(OCC(=O)N(C)Cc2ccc3ccccc3c2)c1. The molecule has 0 atom stereocenters. The molecule has 0 spiro atoms. The first-order valence-electron chi connectivity index (χ1n) is 8.03. The highest BCUT2D eigenvalue weighted by Crippen LogP contribution is 2.17. The molecule has 0 aliphatic heterocycles. The van der Waals surface area contributed by atoms with Crippen molar-refractivity contribution in [3.8, 4) is 5.75 Å². The zero-order valence-corrected chi connectivity index (χ0v) is 14.0. The molecule has 0 N–H and O–H groups in total. The summed E-state index contributed by atoms with van der Waals surface area (Å²) >= 11 is 0. The van der Waals surface area contributed by atoms with E-state index in [1.807, 2.05) is 43.3 Å². The predicted octanol–water partition coefficient (Wildman–Crippen LogP) is 4.19. The molecule has 0 aliphatic carbocycles. The fourth-order valence-electron chi connectivity index (χ4n) is 2.66. The van der Waals surface area contributed by atoms with Gasteiger partial charge in [0, 0.05) is 13.6 Å². The van der Waals surface area contributed by atoms with Gasteiger partial charge in [0.05, 0.1) is 0 Å². The molecule has 122 valence electrons. The number of carbonyl (C=O) groups excluding carboxylic acids is 1. The number of benzene rings is 3. The van der Waals surface area contributed by atoms with E-state index in [0.717, 1.165) is 16.9 Å². The van der Waals surface area contributed by atoms with Crippen LogP contribution in [0, 0.1) is 6.92 Å². The van der Waals surface area contributed by atoms with E-state index in [1.54, 1.807) is 11.9 Å². The Labute approximate surface area is 142 Å². The molecular formula is C21H21NO2. The first kappa shape index (κ1) is 16.1. The number of amides is 1. The molecule has 0 aliphatic rings. The minimum Gasteiger partial charge on any atom is -0.484 e. The monoisotopic (exact) mass is 319 g/mol. The van der Waals surface area contributed by atoms with Crippen LogP contribution in [0.4, 0.5) is 0 Å². The lowest BCUT2D eigenvalue weighted by atomic mass is 10.1. The van der Waals surface area contributed by atoms with Crippen molar-refractivity contribution in [1.82, 2.24) is 4.90 Å². The maximum absolute atomic E-state index is 12.3. The van der Waals surface area contributed by atoms with Gasteiger partial charge >= 0.3 is 0 Å². The van der Waals surface area contributed by atoms with Crippen molar-refractivity contribution in [1.29, 1.82) is 0 Å². The Morgan fingerprint density at radius 3 is 2.54 bits per heavy atom. The molecular weight excluding hydrogens is 298 g/mol. The molecule has 3 rings (SSSR count). The summed E-state index contributed by atoms with van der Waals surface area (Å²) in [6.07, 6.45) is 0. The summed E-state index contributed by atoms with van der Waals surface area (Å²) in [7, 11) is 1.80. The second-order valence-electron chi connectivity index (χ2n) is 6.04. The molecule has 0 saturated heterocycles. The van der Waals surface area contributed by atoms with Gasteiger partial charge in [-0.15, -0.1) is 0 Å². The van der Waals surface area contributed by atoms with E-state index in [4.69, 9.17) is 4.74 Å². The zero-order valence-electron chi connectivity index (χ0n) is 14.0. The summed E-state index contributed by atoms with van der Waals surface area (Å²) < 4.78 is 5.59. The molecule has 1 amide bonds. The van der Waals surface area contributed by atoms with Gasteiger partial charge in [-0.25, -0.2) is 0 Å². The van der Waals surface area contributed by atoms with Crippen LogP contribution in [0.25, 0.3) is 10.8 Å². The minimum absolute atomic E-state index is 0.0373. The maximum atomic E-state index is 12.3. The summed E-state index contributed by atoms with van der Waals surface area (Å²) in [6.45, 7) is 2.62. The van der Waals surface area contributed by atoms with Gasteiger partial charge in [-0.1, -0.05) is 48.5 Å². The Kier molecular flexibility index (Phi) is 4.80. The first-order valence-corrected chi connectivity index (χ1v) is 8.03. The Morgan fingerprint density at radius 2 is 1.75 bits per heavy atom. The Morgan fingerprint density at radius 1 is 0.958 bits per heavy atom. The van der Waals surface area contributed by atoms with Crippen LogP contribution < -0.4 is 4.74 Å². The highest BCUT2D eigenvalue weighted by Gasteiger charge is 2.10. The zero-order chi connectivity index (χ0) is 16.9. The molecule has 0 fully saturated rings. The lowest BCUT2D eigenvalue weighted by molar-refractivity contribution is -0.132. The highest BCUT2D eigenvalue weighted by atomic mass is 16.5. The largest absolute Gasteiger partial charge is 0.484 e. The highest BCUT2D eigenvalue weighted by molar-refractivity contribution is 5.83. The van der Waals surface area contributed by atoms with Crippen LogP contribution in [0.2, 0.25) is 0 Å². The number of likely N-dealkylation sites (N-methyl/N-ethyl adjacent to an activating group) is 1. The van der Waals surface area contributed by atoms with E-state index in [0.29, 0.717) is 6.54 Å². The molecule has 3 heteroatoms. The number of aryl methyl sites for hydroxylation is 1. The van der Waals surface area contributed by atoms with Gasteiger partial charge in [-0.05, 0) is 47.0 Å². The molecule has 0 bridgehead atoms. The molecule has 3 aromatic rings. The number of carbonyl (C=O) groups is 1. The topological polar surface area (TPSA) is 29.5 Å². The van der Waals surface area contributed by atoms with Crippen LogP contribution >= 0.6 is 0 Å². The molecule has 0 heterocycles. The van der Waals surface area contributed by atoms with E-state index < -0.39 is 0 Å². The number of nitrogens with zero attached hydrogens (tertiary/aromatic N) is 1. The van der Waals surface area contributed by atoms with Crippen LogP contribution in [0.15, 0.2) is 66.7 Å². The first-order chi connectivity index (χ1) is 11.6. The van der Waals surface area contributed by atoms with Gasteiger partial charge in [0.1, 0.15) is 5.75 Å². The number of rotatable bonds is 5. The summed E-state index contributed by atoms with van der Waals surface area (Å²) in [5, 5.41) is 2.39. The van der Waals surface area contributed by atoms with Crippen molar-refractivity contribution in [2.45, 2.75) is 13.5 Å². The Balaban J connectivity index is 1.60. The van der Waals surface area contributed by atoms with Gasteiger partial charge in [-0.2, -0.15) is 0 Å². The van der Waals surface area contributed by atoms with E-state index in [1.165, 1.54) is 10.8 Å². The molecule has 3 aromatic carbocycles. The smallest absolute Gasteiger partial charge is 0.260 e. The van der Waals surface area contributed by atoms with Gasteiger partial charge < -0.3 is 9.64 Å². The van der Waals surface area contributed by atoms with Crippen molar-refractivity contribution >= 4 is 16.7 Å². The van der Waals surface area contributed by atoms with Crippen molar-refractivity contribution in [3.63, 3.8) is 0 Å². The van der Waals surface area contributed by atoms with Gasteiger partial charge in [0.15, 0.2) is 6.61 Å². The molecule has 0 aromatic heterocycles. The number of hydrogen-bond donors (Lipinski definition) is 0. The van der Waals surface area contributed by atoms with E-state index in [9.17, 15) is 4.79 Å². The average molecular weight is 319 g/mol. The minimum atomic E-state index is -0.0373. The van der Waals surface area contributed by atoms with E-state index >= 15 is 0 Å². The summed E-state index contributed by atoms with van der Waals surface area (Å²) in [6, 6.07) is 22.2. The Hall–Kier alpha value is -2.81. The van der Waals surface area contributed by atoms with Crippen LogP contribution in [-0.2, 0) is 11.3 Å². The third kappa shape index (κ3) is 3.93. The fourth-order valence-corrected chi connectivity index (χ4v) is 2.66. The summed E-state index contributed by atoms with van der Waals surface area (Å²) in [4.78, 5) is 14.0. The number of ether oxygens (including phenoxy) is 1. The van der Waals surface area contributed by atoms with Crippen molar-refractivity contribution in [3.05, 3.63) is 77.9 Å². The predicted molar refractivity (Wildman–Crippen MR) is 97.1 cm³/mol. The lowest BCUT2D eigenvalue weighted by Crippen LogP contribution is -2.30. The second kappa shape index (κ2) is 7.18. The normalized spacial score (nSPS) is 10.6. The maximum Gasteiger partial charge on any atom is 0.260 e. The molecule has 0 radical (unpaired) electrons.